The van der Waals surface area contributed by atoms with Gasteiger partial charge in [-0.15, -0.1) is 0 Å². The van der Waals surface area contributed by atoms with Crippen LogP contribution in [0, 0.1) is 0 Å². The number of hydrogen-bond acceptors (Lipinski definition) is 2. The molecule has 0 radical (unpaired) electrons. The molecule has 2 aromatic carbocycles. The molecule has 0 atom stereocenters. The zero-order chi connectivity index (χ0) is 16.8. The molecule has 0 aromatic heterocycles. The number of anilines is 1. The Morgan fingerprint density at radius 3 is 2.22 bits per heavy atom. The van der Waals surface area contributed by atoms with Crippen molar-refractivity contribution in [2.24, 2.45) is 0 Å². The summed E-state index contributed by atoms with van der Waals surface area (Å²) in [4.78, 5) is 27.3. The summed E-state index contributed by atoms with van der Waals surface area (Å²) in [6, 6.07) is 16.7. The molecule has 0 aliphatic heterocycles. The quantitative estimate of drug-likeness (QED) is 0.843. The molecule has 2 aromatic rings. The molecule has 0 heterocycles. The monoisotopic (exact) mass is 330 g/mol. The molecule has 0 aliphatic carbocycles. The fraction of sp³-hybridized carbons (Fsp3) is 0.222. The standard InChI is InChI=1S/C18H19ClN2O2/c1-14(22)21(17-11-7-6-10-16(17)19)13-18(23)20(2)12-15-8-4-3-5-9-15/h3-11H,12-13H2,1-2H3. The lowest BCUT2D eigenvalue weighted by Crippen LogP contribution is -2.40. The first-order valence-electron chi connectivity index (χ1n) is 7.29. The lowest BCUT2D eigenvalue weighted by molar-refractivity contribution is -0.130. The van der Waals surface area contributed by atoms with E-state index in [0.29, 0.717) is 17.3 Å². The maximum absolute atomic E-state index is 12.4. The Labute approximate surface area is 141 Å². The van der Waals surface area contributed by atoms with Gasteiger partial charge in [0.15, 0.2) is 0 Å². The zero-order valence-electron chi connectivity index (χ0n) is 13.2. The molecule has 0 bridgehead atoms. The summed E-state index contributed by atoms with van der Waals surface area (Å²) in [6.45, 7) is 1.88. The van der Waals surface area contributed by atoms with Crippen molar-refractivity contribution in [2.45, 2.75) is 13.5 Å². The minimum atomic E-state index is -0.223. The van der Waals surface area contributed by atoms with Crippen LogP contribution in [0.25, 0.3) is 0 Å². The van der Waals surface area contributed by atoms with Crippen LogP contribution in [0.2, 0.25) is 5.02 Å². The Balaban J connectivity index is 2.09. The number of hydrogen-bond donors (Lipinski definition) is 0. The van der Waals surface area contributed by atoms with E-state index < -0.39 is 0 Å². The van der Waals surface area contributed by atoms with Crippen LogP contribution in [0.1, 0.15) is 12.5 Å². The van der Waals surface area contributed by atoms with Crippen molar-refractivity contribution in [2.75, 3.05) is 18.5 Å². The lowest BCUT2D eigenvalue weighted by atomic mass is 10.2. The van der Waals surface area contributed by atoms with Crippen molar-refractivity contribution in [3.8, 4) is 0 Å². The van der Waals surface area contributed by atoms with Gasteiger partial charge in [-0.05, 0) is 17.7 Å². The number of likely N-dealkylation sites (N-methyl/N-ethyl adjacent to an activating group) is 1. The summed E-state index contributed by atoms with van der Waals surface area (Å²) in [6.07, 6.45) is 0. The third kappa shape index (κ3) is 4.57. The predicted octanol–water partition coefficient (Wildman–Crippen LogP) is 3.35. The van der Waals surface area contributed by atoms with Crippen molar-refractivity contribution in [1.29, 1.82) is 0 Å². The second-order valence-corrected chi connectivity index (χ2v) is 5.70. The van der Waals surface area contributed by atoms with E-state index in [2.05, 4.69) is 0 Å². The van der Waals surface area contributed by atoms with E-state index in [-0.39, 0.29) is 18.4 Å². The molecule has 0 N–H and O–H groups in total. The average molecular weight is 331 g/mol. The SMILES string of the molecule is CC(=O)N(CC(=O)N(C)Cc1ccccc1)c1ccccc1Cl. The first-order valence-corrected chi connectivity index (χ1v) is 7.67. The fourth-order valence-electron chi connectivity index (χ4n) is 2.24. The number of carbonyl (C=O) groups is 2. The molecular weight excluding hydrogens is 312 g/mol. The van der Waals surface area contributed by atoms with Crippen molar-refractivity contribution < 1.29 is 9.59 Å². The Morgan fingerprint density at radius 1 is 1.00 bits per heavy atom. The van der Waals surface area contributed by atoms with Gasteiger partial charge in [0.05, 0.1) is 10.7 Å². The molecule has 0 unspecified atom stereocenters. The molecule has 5 heteroatoms. The number of para-hydroxylation sites is 1. The highest BCUT2D eigenvalue weighted by Crippen LogP contribution is 2.25. The van der Waals surface area contributed by atoms with Gasteiger partial charge in [-0.2, -0.15) is 0 Å². The van der Waals surface area contributed by atoms with Gasteiger partial charge in [-0.25, -0.2) is 0 Å². The lowest BCUT2D eigenvalue weighted by Gasteiger charge is -2.25. The maximum Gasteiger partial charge on any atom is 0.242 e. The molecule has 2 rings (SSSR count). The number of benzene rings is 2. The summed E-state index contributed by atoms with van der Waals surface area (Å²) in [5, 5.41) is 0.446. The van der Waals surface area contributed by atoms with Crippen LogP contribution >= 0.6 is 11.6 Å². The molecule has 120 valence electrons. The summed E-state index contributed by atoms with van der Waals surface area (Å²) >= 11 is 6.14. The highest BCUT2D eigenvalue weighted by atomic mass is 35.5. The van der Waals surface area contributed by atoms with Gasteiger partial charge < -0.3 is 9.80 Å². The van der Waals surface area contributed by atoms with Gasteiger partial charge in [0.1, 0.15) is 6.54 Å². The molecule has 2 amide bonds. The molecule has 23 heavy (non-hydrogen) atoms. The van der Waals surface area contributed by atoms with Gasteiger partial charge in [0.2, 0.25) is 11.8 Å². The Hall–Kier alpha value is -2.33. The first kappa shape index (κ1) is 17.0. The summed E-state index contributed by atoms with van der Waals surface area (Å²) in [7, 11) is 1.72. The van der Waals surface area contributed by atoms with E-state index in [1.54, 1.807) is 36.2 Å². The van der Waals surface area contributed by atoms with Crippen LogP contribution in [0.15, 0.2) is 54.6 Å². The summed E-state index contributed by atoms with van der Waals surface area (Å²) < 4.78 is 0. The third-order valence-electron chi connectivity index (χ3n) is 3.51. The fourth-order valence-corrected chi connectivity index (χ4v) is 2.48. The van der Waals surface area contributed by atoms with Crippen LogP contribution in [-0.2, 0) is 16.1 Å². The second-order valence-electron chi connectivity index (χ2n) is 5.29. The number of rotatable bonds is 5. The third-order valence-corrected chi connectivity index (χ3v) is 3.82. The highest BCUT2D eigenvalue weighted by Gasteiger charge is 2.20. The van der Waals surface area contributed by atoms with Crippen LogP contribution < -0.4 is 4.90 Å². The number of halogens is 1. The van der Waals surface area contributed by atoms with Gasteiger partial charge >= 0.3 is 0 Å². The highest BCUT2D eigenvalue weighted by molar-refractivity contribution is 6.33. The smallest absolute Gasteiger partial charge is 0.242 e. The van der Waals surface area contributed by atoms with E-state index in [1.165, 1.54) is 11.8 Å². The minimum absolute atomic E-state index is 0.0393. The summed E-state index contributed by atoms with van der Waals surface area (Å²) in [5.74, 6) is -0.372. The molecule has 0 aliphatic rings. The van der Waals surface area contributed by atoms with Crippen molar-refractivity contribution in [3.63, 3.8) is 0 Å². The van der Waals surface area contributed by atoms with E-state index in [4.69, 9.17) is 11.6 Å². The van der Waals surface area contributed by atoms with Crippen molar-refractivity contribution in [3.05, 3.63) is 65.2 Å². The van der Waals surface area contributed by atoms with Crippen molar-refractivity contribution >= 4 is 29.1 Å². The number of nitrogens with zero attached hydrogens (tertiary/aromatic N) is 2. The van der Waals surface area contributed by atoms with E-state index in [0.717, 1.165) is 5.56 Å². The van der Waals surface area contributed by atoms with E-state index in [1.807, 2.05) is 30.3 Å². The normalized spacial score (nSPS) is 10.2. The van der Waals surface area contributed by atoms with Crippen LogP contribution in [0.4, 0.5) is 5.69 Å². The van der Waals surface area contributed by atoms with Crippen LogP contribution in [-0.4, -0.2) is 30.3 Å². The van der Waals surface area contributed by atoms with E-state index >= 15 is 0 Å². The van der Waals surface area contributed by atoms with Crippen LogP contribution in [0.3, 0.4) is 0 Å². The first-order chi connectivity index (χ1) is 11.0. The molecule has 0 saturated heterocycles. The second kappa shape index (κ2) is 7.79. The maximum atomic E-state index is 12.4. The molecule has 0 fully saturated rings. The molecule has 4 nitrogen and oxygen atoms in total. The van der Waals surface area contributed by atoms with Gasteiger partial charge in [-0.3, -0.25) is 9.59 Å². The molecular formula is C18H19ClN2O2. The zero-order valence-corrected chi connectivity index (χ0v) is 14.0. The Bertz CT molecular complexity index is 688. The average Bonchev–Trinajstić information content (AvgIpc) is 2.54. The Morgan fingerprint density at radius 2 is 1.61 bits per heavy atom. The number of carbonyl (C=O) groups excluding carboxylic acids is 2. The molecule has 0 saturated carbocycles. The van der Waals surface area contributed by atoms with Crippen LogP contribution in [0.5, 0.6) is 0 Å². The van der Waals surface area contributed by atoms with E-state index in [9.17, 15) is 9.59 Å². The van der Waals surface area contributed by atoms with Gasteiger partial charge in [0, 0.05) is 20.5 Å². The predicted molar refractivity (Wildman–Crippen MR) is 92.4 cm³/mol. The topological polar surface area (TPSA) is 40.6 Å². The van der Waals surface area contributed by atoms with Gasteiger partial charge in [0.25, 0.3) is 0 Å². The molecule has 0 spiro atoms. The van der Waals surface area contributed by atoms with Gasteiger partial charge in [-0.1, -0.05) is 54.1 Å². The Kier molecular flexibility index (Phi) is 5.77. The van der Waals surface area contributed by atoms with Crippen molar-refractivity contribution in [1.82, 2.24) is 4.90 Å². The largest absolute Gasteiger partial charge is 0.340 e. The minimum Gasteiger partial charge on any atom is -0.340 e. The summed E-state index contributed by atoms with van der Waals surface area (Å²) in [5.41, 5.74) is 1.58. The number of amides is 2.